The van der Waals surface area contributed by atoms with Crippen LogP contribution in [-0.2, 0) is 24.1 Å². The van der Waals surface area contributed by atoms with Gasteiger partial charge in [0.25, 0.3) is 8.32 Å². The fourth-order valence-corrected chi connectivity index (χ4v) is 5.37. The summed E-state index contributed by atoms with van der Waals surface area (Å²) in [6.07, 6.45) is 7.47. The van der Waals surface area contributed by atoms with Crippen LogP contribution in [0.15, 0.2) is 22.8 Å². The lowest BCUT2D eigenvalue weighted by molar-refractivity contribution is -0.107. The Hall–Kier alpha value is -2.07. The van der Waals surface area contributed by atoms with E-state index in [9.17, 15) is 4.79 Å². The SMILES string of the molecule is Cc1c2ccc3c(c2c(O[Si](C)(C)C(C)(C)C)c2occ(CCC=O)c12)CCC3. The quantitative estimate of drug-likeness (QED) is 0.340. The molecule has 1 aliphatic rings. The van der Waals surface area contributed by atoms with Crippen molar-refractivity contribution in [2.24, 2.45) is 0 Å². The summed E-state index contributed by atoms with van der Waals surface area (Å²) in [4.78, 5) is 11.0. The molecule has 0 N–H and O–H groups in total. The van der Waals surface area contributed by atoms with Crippen molar-refractivity contribution < 1.29 is 13.6 Å². The number of carbonyl (C=O) groups is 1. The molecule has 154 valence electrons. The first-order chi connectivity index (χ1) is 13.7. The van der Waals surface area contributed by atoms with Crippen LogP contribution in [0.4, 0.5) is 0 Å². The molecule has 0 spiro atoms. The predicted molar refractivity (Wildman–Crippen MR) is 123 cm³/mol. The molecule has 4 heteroatoms. The highest BCUT2D eigenvalue weighted by Crippen LogP contribution is 2.47. The average Bonchev–Trinajstić information content (AvgIpc) is 3.28. The summed E-state index contributed by atoms with van der Waals surface area (Å²) in [5, 5.41) is 3.75. The molecule has 1 aromatic heterocycles. The van der Waals surface area contributed by atoms with Crippen molar-refractivity contribution in [1.29, 1.82) is 0 Å². The lowest BCUT2D eigenvalue weighted by atomic mass is 9.93. The smallest absolute Gasteiger partial charge is 0.250 e. The number of hydrogen-bond donors (Lipinski definition) is 0. The van der Waals surface area contributed by atoms with E-state index in [-0.39, 0.29) is 5.04 Å². The van der Waals surface area contributed by atoms with E-state index >= 15 is 0 Å². The summed E-state index contributed by atoms with van der Waals surface area (Å²) in [7, 11) is -2.06. The second-order valence-electron chi connectivity index (χ2n) is 9.97. The molecule has 0 radical (unpaired) electrons. The molecule has 0 unspecified atom stereocenters. The zero-order valence-corrected chi connectivity index (χ0v) is 19.6. The number of benzene rings is 2. The average molecular weight is 409 g/mol. The van der Waals surface area contributed by atoms with Crippen LogP contribution in [-0.4, -0.2) is 14.6 Å². The van der Waals surface area contributed by atoms with Crippen molar-refractivity contribution in [2.45, 2.75) is 77.9 Å². The number of aryl methyl sites for hydroxylation is 4. The van der Waals surface area contributed by atoms with Crippen molar-refractivity contribution >= 4 is 36.3 Å². The van der Waals surface area contributed by atoms with E-state index in [1.165, 1.54) is 33.9 Å². The Bertz CT molecular complexity index is 1100. The van der Waals surface area contributed by atoms with E-state index in [0.29, 0.717) is 12.8 Å². The zero-order valence-electron chi connectivity index (χ0n) is 18.6. The van der Waals surface area contributed by atoms with Gasteiger partial charge in [0.05, 0.1) is 6.26 Å². The third-order valence-corrected chi connectivity index (χ3v) is 11.4. The molecule has 4 rings (SSSR count). The summed E-state index contributed by atoms with van der Waals surface area (Å²) in [6.45, 7) is 13.6. The molecule has 3 aromatic rings. The van der Waals surface area contributed by atoms with E-state index in [1.807, 2.05) is 6.26 Å². The first-order valence-corrected chi connectivity index (χ1v) is 13.7. The van der Waals surface area contributed by atoms with Crippen LogP contribution in [0.1, 0.15) is 55.9 Å². The van der Waals surface area contributed by atoms with Gasteiger partial charge in [-0.2, -0.15) is 0 Å². The van der Waals surface area contributed by atoms with E-state index in [1.54, 1.807) is 0 Å². The molecule has 2 aromatic carbocycles. The van der Waals surface area contributed by atoms with Crippen LogP contribution < -0.4 is 4.43 Å². The lowest BCUT2D eigenvalue weighted by Gasteiger charge is -2.37. The highest BCUT2D eigenvalue weighted by atomic mass is 28.4. The van der Waals surface area contributed by atoms with Gasteiger partial charge in [-0.15, -0.1) is 0 Å². The molecule has 29 heavy (non-hydrogen) atoms. The second-order valence-corrected chi connectivity index (χ2v) is 14.7. The Morgan fingerprint density at radius 1 is 1.17 bits per heavy atom. The maximum absolute atomic E-state index is 11.0. The largest absolute Gasteiger partial charge is 0.541 e. The number of fused-ring (bicyclic) bond motifs is 4. The van der Waals surface area contributed by atoms with Gasteiger partial charge in [0.15, 0.2) is 11.3 Å². The van der Waals surface area contributed by atoms with Crippen LogP contribution in [0.5, 0.6) is 5.75 Å². The summed E-state index contributed by atoms with van der Waals surface area (Å²) in [5.41, 5.74) is 6.09. The highest BCUT2D eigenvalue weighted by Gasteiger charge is 2.40. The summed E-state index contributed by atoms with van der Waals surface area (Å²) in [5.74, 6) is 0.934. The zero-order chi connectivity index (χ0) is 21.0. The van der Waals surface area contributed by atoms with Crippen molar-refractivity contribution in [3.8, 4) is 5.75 Å². The molecule has 0 bridgehead atoms. The van der Waals surface area contributed by atoms with Crippen molar-refractivity contribution in [1.82, 2.24) is 0 Å². The minimum atomic E-state index is -2.06. The maximum atomic E-state index is 11.0. The van der Waals surface area contributed by atoms with Crippen LogP contribution >= 0.6 is 0 Å². The van der Waals surface area contributed by atoms with E-state index in [0.717, 1.165) is 41.4 Å². The number of aldehydes is 1. The molecule has 3 nitrogen and oxygen atoms in total. The van der Waals surface area contributed by atoms with Gasteiger partial charge in [-0.25, -0.2) is 0 Å². The van der Waals surface area contributed by atoms with Gasteiger partial charge in [0.2, 0.25) is 0 Å². The molecular formula is C25H32O3Si. The molecule has 0 saturated heterocycles. The van der Waals surface area contributed by atoms with Gasteiger partial charge < -0.3 is 13.6 Å². The van der Waals surface area contributed by atoms with Gasteiger partial charge in [0, 0.05) is 17.2 Å². The lowest BCUT2D eigenvalue weighted by Crippen LogP contribution is -2.44. The fraction of sp³-hybridized carbons (Fsp3) is 0.480. The van der Waals surface area contributed by atoms with Gasteiger partial charge in [-0.05, 0) is 78.4 Å². The first-order valence-electron chi connectivity index (χ1n) is 10.8. The Labute approximate surface area is 174 Å². The summed E-state index contributed by atoms with van der Waals surface area (Å²) in [6, 6.07) is 4.56. The third kappa shape index (κ3) is 3.22. The van der Waals surface area contributed by atoms with Crippen molar-refractivity contribution in [3.05, 3.63) is 40.6 Å². The van der Waals surface area contributed by atoms with E-state index < -0.39 is 8.32 Å². The maximum Gasteiger partial charge on any atom is 0.250 e. The number of carbonyl (C=O) groups excluding carboxylic acids is 1. The third-order valence-electron chi connectivity index (χ3n) is 7.06. The Morgan fingerprint density at radius 2 is 1.93 bits per heavy atom. The Kier molecular flexibility index (Phi) is 4.89. The number of hydrogen-bond acceptors (Lipinski definition) is 3. The highest BCUT2D eigenvalue weighted by molar-refractivity contribution is 6.75. The van der Waals surface area contributed by atoms with Gasteiger partial charge >= 0.3 is 0 Å². The predicted octanol–water partition coefficient (Wildman–Crippen LogP) is 6.90. The monoisotopic (exact) mass is 408 g/mol. The molecule has 0 saturated carbocycles. The Balaban J connectivity index is 2.06. The van der Waals surface area contributed by atoms with Gasteiger partial charge in [-0.1, -0.05) is 32.9 Å². The minimum Gasteiger partial charge on any atom is -0.541 e. The molecule has 0 fully saturated rings. The van der Waals surface area contributed by atoms with Gasteiger partial charge in [0.1, 0.15) is 6.29 Å². The number of rotatable bonds is 5. The van der Waals surface area contributed by atoms with Crippen LogP contribution in [0.3, 0.4) is 0 Å². The molecular weight excluding hydrogens is 376 g/mol. The summed E-state index contributed by atoms with van der Waals surface area (Å²) < 4.78 is 13.1. The van der Waals surface area contributed by atoms with E-state index in [2.05, 4.69) is 52.9 Å². The summed E-state index contributed by atoms with van der Waals surface area (Å²) >= 11 is 0. The first kappa shape index (κ1) is 20.2. The van der Waals surface area contributed by atoms with E-state index in [4.69, 9.17) is 8.84 Å². The van der Waals surface area contributed by atoms with Crippen LogP contribution in [0.25, 0.3) is 21.7 Å². The molecule has 1 aliphatic carbocycles. The molecule has 0 aliphatic heterocycles. The topological polar surface area (TPSA) is 39.4 Å². The number of furan rings is 1. The molecule has 1 heterocycles. The molecule has 0 amide bonds. The van der Waals surface area contributed by atoms with Gasteiger partial charge in [-0.3, -0.25) is 0 Å². The Morgan fingerprint density at radius 3 is 2.62 bits per heavy atom. The standard InChI is InChI=1S/C25H32O3Si/c1-16-19-13-12-17-9-7-11-20(17)22(19)24(28-29(5,6)25(2,3)4)23-21(16)18(15-27-23)10-8-14-26/h12-15H,7-11H2,1-6H3. The second kappa shape index (κ2) is 7.01. The minimum absolute atomic E-state index is 0.0986. The molecule has 0 atom stereocenters. The normalized spacial score (nSPS) is 14.6. The van der Waals surface area contributed by atoms with Crippen LogP contribution in [0.2, 0.25) is 18.1 Å². The van der Waals surface area contributed by atoms with Crippen molar-refractivity contribution in [2.75, 3.05) is 0 Å². The fourth-order valence-electron chi connectivity index (χ4n) is 4.36. The van der Waals surface area contributed by atoms with Crippen LogP contribution in [0, 0.1) is 6.92 Å². The van der Waals surface area contributed by atoms with Crippen molar-refractivity contribution in [3.63, 3.8) is 0 Å².